The van der Waals surface area contributed by atoms with Gasteiger partial charge in [0.1, 0.15) is 12.2 Å². The number of imidazole rings is 1. The molecule has 0 aromatic carbocycles. The van der Waals surface area contributed by atoms with Crippen LogP contribution in [0.25, 0.3) is 28.3 Å². The first-order chi connectivity index (χ1) is 14.9. The fraction of sp³-hybridized carbons (Fsp3) is 0.318. The number of hydrogen-bond acceptors (Lipinski definition) is 6. The molecule has 0 radical (unpaired) electrons. The van der Waals surface area contributed by atoms with Crippen LogP contribution < -0.4 is 11.1 Å². The second-order valence-corrected chi connectivity index (χ2v) is 8.01. The predicted octanol–water partition coefficient (Wildman–Crippen LogP) is 2.48. The molecule has 4 aromatic rings. The van der Waals surface area contributed by atoms with Crippen molar-refractivity contribution >= 4 is 11.6 Å². The van der Waals surface area contributed by atoms with E-state index in [0.29, 0.717) is 18.2 Å². The topological polar surface area (TPSA) is 127 Å². The zero-order chi connectivity index (χ0) is 22.0. The Morgan fingerprint density at radius 3 is 2.84 bits per heavy atom. The first-order valence-corrected chi connectivity index (χ1v) is 10.3. The number of nitrogens with zero attached hydrogens (tertiary/aromatic N) is 5. The van der Waals surface area contributed by atoms with Gasteiger partial charge in [-0.15, -0.1) is 0 Å². The van der Waals surface area contributed by atoms with E-state index in [1.165, 1.54) is 6.33 Å². The molecule has 4 N–H and O–H groups in total. The third kappa shape index (κ3) is 4.61. The van der Waals surface area contributed by atoms with Crippen LogP contribution in [0, 0.1) is 12.8 Å². The van der Waals surface area contributed by atoms with Gasteiger partial charge < -0.3 is 16.0 Å². The summed E-state index contributed by atoms with van der Waals surface area (Å²) in [5.41, 5.74) is 10.8. The molecule has 4 rings (SSSR count). The minimum atomic E-state index is -0.540. The van der Waals surface area contributed by atoms with Gasteiger partial charge in [0.25, 0.3) is 0 Å². The number of carbonyl (C=O) groups is 1. The molecule has 4 heterocycles. The highest BCUT2D eigenvalue weighted by molar-refractivity contribution is 5.81. The molecule has 0 unspecified atom stereocenters. The van der Waals surface area contributed by atoms with Crippen LogP contribution in [0.1, 0.15) is 31.8 Å². The van der Waals surface area contributed by atoms with Gasteiger partial charge in [0.15, 0.2) is 5.65 Å². The number of aromatic amines is 1. The second kappa shape index (κ2) is 8.65. The van der Waals surface area contributed by atoms with E-state index >= 15 is 0 Å². The van der Waals surface area contributed by atoms with Gasteiger partial charge >= 0.3 is 0 Å². The maximum absolute atomic E-state index is 12.3. The lowest BCUT2D eigenvalue weighted by Crippen LogP contribution is -2.41. The molecule has 0 aliphatic carbocycles. The van der Waals surface area contributed by atoms with Crippen molar-refractivity contribution in [1.29, 1.82) is 0 Å². The van der Waals surface area contributed by atoms with Gasteiger partial charge in [-0.1, -0.05) is 19.9 Å². The Balaban J connectivity index is 1.66. The normalized spacial score (nSPS) is 12.4. The summed E-state index contributed by atoms with van der Waals surface area (Å²) < 4.78 is 1.70. The van der Waals surface area contributed by atoms with E-state index in [0.717, 1.165) is 34.0 Å². The Bertz CT molecular complexity index is 1210. The average molecular weight is 419 g/mol. The number of pyridine rings is 2. The van der Waals surface area contributed by atoms with Crippen LogP contribution >= 0.6 is 0 Å². The fourth-order valence-corrected chi connectivity index (χ4v) is 3.46. The largest absolute Gasteiger partial charge is 0.348 e. The molecule has 0 aliphatic heterocycles. The standard InChI is InChI=1S/C22H26N8O/c1-13(2)9-16(23)22(31)24-10-18-28-20(15-7-8-19-25-12-26-30(19)11-15)21(29-18)17-6-4-5-14(3)27-17/h4-8,11-13,16H,9-10,23H2,1-3H3,(H,24,31)(H,28,29)/t16-/m0/s1. The average Bonchev–Trinajstić information content (AvgIpc) is 3.37. The smallest absolute Gasteiger partial charge is 0.237 e. The molecule has 9 heteroatoms. The molecular weight excluding hydrogens is 392 g/mol. The molecule has 0 bridgehead atoms. The Morgan fingerprint density at radius 2 is 2.06 bits per heavy atom. The molecule has 0 fully saturated rings. The third-order valence-electron chi connectivity index (χ3n) is 4.94. The Hall–Kier alpha value is -3.59. The number of H-pyrrole nitrogens is 1. The molecule has 160 valence electrons. The van der Waals surface area contributed by atoms with Gasteiger partial charge in [0.2, 0.25) is 5.91 Å². The third-order valence-corrected chi connectivity index (χ3v) is 4.94. The van der Waals surface area contributed by atoms with E-state index in [4.69, 9.17) is 10.7 Å². The van der Waals surface area contributed by atoms with Gasteiger partial charge in [0, 0.05) is 17.5 Å². The van der Waals surface area contributed by atoms with Crippen LogP contribution in [0.5, 0.6) is 0 Å². The number of rotatable bonds is 7. The number of nitrogens with one attached hydrogen (secondary N) is 2. The molecule has 1 amide bonds. The molecular formula is C22H26N8O. The van der Waals surface area contributed by atoms with Gasteiger partial charge in [-0.3, -0.25) is 9.78 Å². The second-order valence-electron chi connectivity index (χ2n) is 8.01. The van der Waals surface area contributed by atoms with Crippen LogP contribution in [0.4, 0.5) is 0 Å². The maximum atomic E-state index is 12.3. The molecule has 0 aliphatic rings. The lowest BCUT2D eigenvalue weighted by atomic mass is 10.0. The summed E-state index contributed by atoms with van der Waals surface area (Å²) in [6.45, 7) is 6.27. The van der Waals surface area contributed by atoms with Crippen molar-refractivity contribution < 1.29 is 4.79 Å². The zero-order valence-corrected chi connectivity index (χ0v) is 17.8. The number of nitrogens with two attached hydrogens (primary N) is 1. The lowest BCUT2D eigenvalue weighted by molar-refractivity contribution is -0.122. The molecule has 1 atom stereocenters. The fourth-order valence-electron chi connectivity index (χ4n) is 3.46. The Labute approximate surface area is 180 Å². The Morgan fingerprint density at radius 1 is 1.23 bits per heavy atom. The summed E-state index contributed by atoms with van der Waals surface area (Å²) in [6, 6.07) is 9.12. The molecule has 9 nitrogen and oxygen atoms in total. The van der Waals surface area contributed by atoms with Crippen LogP contribution in [-0.4, -0.2) is 41.5 Å². The number of fused-ring (bicyclic) bond motifs is 1. The summed E-state index contributed by atoms with van der Waals surface area (Å²) in [5.74, 6) is 0.782. The summed E-state index contributed by atoms with van der Waals surface area (Å²) >= 11 is 0. The van der Waals surface area contributed by atoms with Crippen molar-refractivity contribution in [2.24, 2.45) is 11.7 Å². The highest BCUT2D eigenvalue weighted by atomic mass is 16.2. The minimum Gasteiger partial charge on any atom is -0.348 e. The number of amides is 1. The first kappa shape index (κ1) is 20.7. The van der Waals surface area contributed by atoms with Gasteiger partial charge in [-0.25, -0.2) is 14.5 Å². The quantitative estimate of drug-likeness (QED) is 0.423. The maximum Gasteiger partial charge on any atom is 0.237 e. The number of aryl methyl sites for hydroxylation is 1. The molecule has 4 aromatic heterocycles. The Kier molecular flexibility index (Phi) is 5.77. The van der Waals surface area contributed by atoms with Crippen molar-refractivity contribution in [3.05, 3.63) is 54.4 Å². The van der Waals surface area contributed by atoms with Crippen LogP contribution in [0.3, 0.4) is 0 Å². The van der Waals surface area contributed by atoms with E-state index < -0.39 is 6.04 Å². The van der Waals surface area contributed by atoms with Crippen molar-refractivity contribution in [2.75, 3.05) is 0 Å². The molecule has 0 saturated carbocycles. The van der Waals surface area contributed by atoms with E-state index in [1.807, 2.05) is 57.3 Å². The van der Waals surface area contributed by atoms with Crippen molar-refractivity contribution in [3.63, 3.8) is 0 Å². The van der Waals surface area contributed by atoms with Gasteiger partial charge in [-0.2, -0.15) is 5.10 Å². The zero-order valence-electron chi connectivity index (χ0n) is 17.8. The highest BCUT2D eigenvalue weighted by Crippen LogP contribution is 2.29. The number of hydrogen-bond donors (Lipinski definition) is 3. The first-order valence-electron chi connectivity index (χ1n) is 10.3. The number of aromatic nitrogens is 6. The monoisotopic (exact) mass is 418 g/mol. The van der Waals surface area contributed by atoms with Gasteiger partial charge in [-0.05, 0) is 43.5 Å². The summed E-state index contributed by atoms with van der Waals surface area (Å²) in [4.78, 5) is 29.2. The summed E-state index contributed by atoms with van der Waals surface area (Å²) in [6.07, 6.45) is 4.01. The van der Waals surface area contributed by atoms with E-state index in [9.17, 15) is 4.79 Å². The minimum absolute atomic E-state index is 0.189. The lowest BCUT2D eigenvalue weighted by Gasteiger charge is -2.13. The summed E-state index contributed by atoms with van der Waals surface area (Å²) in [7, 11) is 0. The van der Waals surface area contributed by atoms with E-state index in [2.05, 4.69) is 25.4 Å². The van der Waals surface area contributed by atoms with Crippen molar-refractivity contribution in [2.45, 2.75) is 39.8 Å². The van der Waals surface area contributed by atoms with E-state index in [1.54, 1.807) is 4.52 Å². The summed E-state index contributed by atoms with van der Waals surface area (Å²) in [5, 5.41) is 7.09. The van der Waals surface area contributed by atoms with E-state index in [-0.39, 0.29) is 12.5 Å². The SMILES string of the molecule is Cc1cccc(-c2[nH]c(CNC(=O)[C@@H](N)CC(C)C)nc2-c2ccc3ncnn3c2)n1. The predicted molar refractivity (Wildman–Crippen MR) is 118 cm³/mol. The van der Waals surface area contributed by atoms with Crippen LogP contribution in [-0.2, 0) is 11.3 Å². The molecule has 0 saturated heterocycles. The van der Waals surface area contributed by atoms with Crippen molar-refractivity contribution in [1.82, 2.24) is 34.9 Å². The molecule has 0 spiro atoms. The van der Waals surface area contributed by atoms with Gasteiger partial charge in [0.05, 0.1) is 29.7 Å². The highest BCUT2D eigenvalue weighted by Gasteiger charge is 2.18. The van der Waals surface area contributed by atoms with Crippen molar-refractivity contribution in [3.8, 4) is 22.6 Å². The molecule has 31 heavy (non-hydrogen) atoms. The number of carbonyl (C=O) groups excluding carboxylic acids is 1. The van der Waals surface area contributed by atoms with Crippen LogP contribution in [0.15, 0.2) is 42.9 Å². The van der Waals surface area contributed by atoms with Crippen LogP contribution in [0.2, 0.25) is 0 Å².